The molecule has 0 saturated carbocycles. The molecule has 0 fully saturated rings. The van der Waals surface area contributed by atoms with Gasteiger partial charge in [-0.3, -0.25) is 4.99 Å². The van der Waals surface area contributed by atoms with Crippen LogP contribution < -0.4 is 10.6 Å². The summed E-state index contributed by atoms with van der Waals surface area (Å²) in [6.45, 7) is 4.86. The third kappa shape index (κ3) is 6.98. The molecule has 0 aliphatic carbocycles. The van der Waals surface area contributed by atoms with E-state index >= 15 is 0 Å². The van der Waals surface area contributed by atoms with E-state index in [1.54, 1.807) is 13.2 Å². The van der Waals surface area contributed by atoms with E-state index in [-0.39, 0.29) is 0 Å². The maximum atomic E-state index is 5.97. The highest BCUT2D eigenvalue weighted by molar-refractivity contribution is 6.34. The van der Waals surface area contributed by atoms with Gasteiger partial charge in [0.05, 0.1) is 13.2 Å². The van der Waals surface area contributed by atoms with Crippen molar-refractivity contribution in [2.24, 2.45) is 4.99 Å². The second-order valence-electron chi connectivity index (χ2n) is 4.21. The van der Waals surface area contributed by atoms with Crippen LogP contribution in [0.3, 0.4) is 0 Å². The molecule has 0 saturated heterocycles. The van der Waals surface area contributed by atoms with Gasteiger partial charge in [-0.25, -0.2) is 0 Å². The number of nitrogens with zero attached hydrogens (tertiary/aromatic N) is 1. The molecule has 0 unspecified atom stereocenters. The number of guanidine groups is 1. The predicted molar refractivity (Wildman–Crippen MR) is 86.0 cm³/mol. The first-order chi connectivity index (χ1) is 9.65. The minimum Gasteiger partial charge on any atom is -0.383 e. The molecule has 0 aliphatic rings. The zero-order valence-corrected chi connectivity index (χ0v) is 13.4. The summed E-state index contributed by atoms with van der Waals surface area (Å²) in [7, 11) is 1.67. The summed E-state index contributed by atoms with van der Waals surface area (Å²) in [5, 5.41) is 7.77. The smallest absolute Gasteiger partial charge is 0.191 e. The molecular formula is C14H21Cl2N3O. The molecule has 0 aliphatic heterocycles. The Morgan fingerprint density at radius 2 is 1.90 bits per heavy atom. The fraction of sp³-hybridized carbons (Fsp3) is 0.500. The third-order valence-electron chi connectivity index (χ3n) is 2.54. The van der Waals surface area contributed by atoms with Gasteiger partial charge in [0, 0.05) is 30.2 Å². The fourth-order valence-corrected chi connectivity index (χ4v) is 2.24. The Kier molecular flexibility index (Phi) is 8.42. The monoisotopic (exact) mass is 317 g/mol. The van der Waals surface area contributed by atoms with Gasteiger partial charge in [0.1, 0.15) is 0 Å². The van der Waals surface area contributed by atoms with Crippen molar-refractivity contribution >= 4 is 29.2 Å². The molecule has 0 spiro atoms. The van der Waals surface area contributed by atoms with Crippen LogP contribution in [-0.2, 0) is 11.2 Å². The van der Waals surface area contributed by atoms with Gasteiger partial charge >= 0.3 is 0 Å². The molecule has 4 nitrogen and oxygen atoms in total. The van der Waals surface area contributed by atoms with Gasteiger partial charge in [-0.1, -0.05) is 23.2 Å². The molecule has 0 radical (unpaired) electrons. The maximum absolute atomic E-state index is 5.97. The minimum atomic E-state index is 0.612. The van der Waals surface area contributed by atoms with E-state index in [2.05, 4.69) is 15.6 Å². The van der Waals surface area contributed by atoms with Gasteiger partial charge < -0.3 is 15.4 Å². The number of ether oxygens (including phenoxy) is 1. The topological polar surface area (TPSA) is 45.7 Å². The van der Waals surface area contributed by atoms with Crippen LogP contribution in [0, 0.1) is 0 Å². The Hall–Kier alpha value is -0.970. The van der Waals surface area contributed by atoms with Gasteiger partial charge in [0.25, 0.3) is 0 Å². The molecule has 2 N–H and O–H groups in total. The minimum absolute atomic E-state index is 0.612. The van der Waals surface area contributed by atoms with Crippen molar-refractivity contribution in [3.05, 3.63) is 33.8 Å². The Morgan fingerprint density at radius 3 is 2.50 bits per heavy atom. The first-order valence-corrected chi connectivity index (χ1v) is 7.37. The molecular weight excluding hydrogens is 297 g/mol. The summed E-state index contributed by atoms with van der Waals surface area (Å²) in [5.41, 5.74) is 1.10. The van der Waals surface area contributed by atoms with E-state index in [0.717, 1.165) is 31.0 Å². The van der Waals surface area contributed by atoms with Crippen LogP contribution in [0.1, 0.15) is 12.5 Å². The second kappa shape index (κ2) is 9.86. The van der Waals surface area contributed by atoms with Gasteiger partial charge in [0.15, 0.2) is 5.96 Å². The van der Waals surface area contributed by atoms with Gasteiger partial charge in [-0.05, 0) is 37.1 Å². The van der Waals surface area contributed by atoms with E-state index in [9.17, 15) is 0 Å². The van der Waals surface area contributed by atoms with Crippen molar-refractivity contribution in [3.8, 4) is 0 Å². The number of halogens is 2. The molecule has 1 aromatic carbocycles. The van der Waals surface area contributed by atoms with Crippen LogP contribution in [0.25, 0.3) is 0 Å². The SMILES string of the molecule is CCNC(=NCCOC)NCCc1cc(Cl)cc(Cl)c1. The highest BCUT2D eigenvalue weighted by Gasteiger charge is 2.00. The number of methoxy groups -OCH3 is 1. The van der Waals surface area contributed by atoms with E-state index in [0.29, 0.717) is 23.2 Å². The maximum Gasteiger partial charge on any atom is 0.191 e. The van der Waals surface area contributed by atoms with Crippen molar-refractivity contribution in [1.29, 1.82) is 0 Å². The average molecular weight is 318 g/mol. The number of hydrogen-bond acceptors (Lipinski definition) is 2. The zero-order chi connectivity index (χ0) is 14.8. The van der Waals surface area contributed by atoms with Crippen molar-refractivity contribution in [2.45, 2.75) is 13.3 Å². The highest BCUT2D eigenvalue weighted by atomic mass is 35.5. The van der Waals surface area contributed by atoms with E-state index in [1.165, 1.54) is 0 Å². The molecule has 0 amide bonds. The van der Waals surface area contributed by atoms with Crippen LogP contribution >= 0.6 is 23.2 Å². The Balaban J connectivity index is 2.44. The Labute approximate surface area is 130 Å². The normalized spacial score (nSPS) is 11.5. The summed E-state index contributed by atoms with van der Waals surface area (Å²) < 4.78 is 4.98. The predicted octanol–water partition coefficient (Wildman–Crippen LogP) is 2.74. The Bertz CT molecular complexity index is 418. The summed E-state index contributed by atoms with van der Waals surface area (Å²) in [4.78, 5) is 4.39. The molecule has 0 bridgehead atoms. The van der Waals surface area contributed by atoms with E-state index < -0.39 is 0 Å². The second-order valence-corrected chi connectivity index (χ2v) is 5.08. The first kappa shape index (κ1) is 17.1. The van der Waals surface area contributed by atoms with Crippen LogP contribution in [0.5, 0.6) is 0 Å². The lowest BCUT2D eigenvalue weighted by molar-refractivity contribution is 0.208. The van der Waals surface area contributed by atoms with Crippen LogP contribution in [0.2, 0.25) is 10.0 Å². The fourth-order valence-electron chi connectivity index (χ4n) is 1.67. The standard InChI is InChI=1S/C14H21Cl2N3O/c1-3-17-14(19-6-7-20-2)18-5-4-11-8-12(15)10-13(16)9-11/h8-10H,3-7H2,1-2H3,(H2,17,18,19). The number of aliphatic imine (C=N–C) groups is 1. The van der Waals surface area contributed by atoms with Crippen LogP contribution in [-0.4, -0.2) is 39.3 Å². The molecule has 1 rings (SSSR count). The number of nitrogens with one attached hydrogen (secondary N) is 2. The lowest BCUT2D eigenvalue weighted by atomic mass is 10.1. The van der Waals surface area contributed by atoms with Gasteiger partial charge in [-0.15, -0.1) is 0 Å². The highest BCUT2D eigenvalue weighted by Crippen LogP contribution is 2.19. The average Bonchev–Trinajstić information content (AvgIpc) is 2.38. The zero-order valence-electron chi connectivity index (χ0n) is 11.9. The molecule has 0 aromatic heterocycles. The van der Waals surface area contributed by atoms with Gasteiger partial charge in [-0.2, -0.15) is 0 Å². The van der Waals surface area contributed by atoms with Gasteiger partial charge in [0.2, 0.25) is 0 Å². The number of benzene rings is 1. The van der Waals surface area contributed by atoms with Crippen molar-refractivity contribution in [2.75, 3.05) is 33.4 Å². The van der Waals surface area contributed by atoms with E-state index in [1.807, 2.05) is 19.1 Å². The number of hydrogen-bond donors (Lipinski definition) is 2. The summed E-state index contributed by atoms with van der Waals surface area (Å²) in [5.74, 6) is 0.790. The molecule has 6 heteroatoms. The quantitative estimate of drug-likeness (QED) is 0.462. The molecule has 20 heavy (non-hydrogen) atoms. The largest absolute Gasteiger partial charge is 0.383 e. The van der Waals surface area contributed by atoms with Crippen LogP contribution in [0.15, 0.2) is 23.2 Å². The summed E-state index contributed by atoms with van der Waals surface area (Å²) >= 11 is 11.9. The summed E-state index contributed by atoms with van der Waals surface area (Å²) in [6, 6.07) is 5.57. The summed E-state index contributed by atoms with van der Waals surface area (Å²) in [6.07, 6.45) is 0.828. The van der Waals surface area contributed by atoms with Crippen molar-refractivity contribution in [1.82, 2.24) is 10.6 Å². The first-order valence-electron chi connectivity index (χ1n) is 6.61. The molecule has 1 aromatic rings. The molecule has 0 heterocycles. The molecule has 112 valence electrons. The van der Waals surface area contributed by atoms with Crippen LogP contribution in [0.4, 0.5) is 0 Å². The molecule has 0 atom stereocenters. The lowest BCUT2D eigenvalue weighted by Gasteiger charge is -2.11. The Morgan fingerprint density at radius 1 is 1.20 bits per heavy atom. The van der Waals surface area contributed by atoms with Crippen molar-refractivity contribution < 1.29 is 4.74 Å². The third-order valence-corrected chi connectivity index (χ3v) is 2.97. The van der Waals surface area contributed by atoms with E-state index in [4.69, 9.17) is 27.9 Å². The number of rotatable bonds is 7. The lowest BCUT2D eigenvalue weighted by Crippen LogP contribution is -2.38. The van der Waals surface area contributed by atoms with Crippen molar-refractivity contribution in [3.63, 3.8) is 0 Å².